The topological polar surface area (TPSA) is 64.1 Å². The van der Waals surface area contributed by atoms with E-state index in [-0.39, 0.29) is 0 Å². The van der Waals surface area contributed by atoms with Crippen LogP contribution in [0.2, 0.25) is 0 Å². The molecule has 0 saturated heterocycles. The molecule has 1 aromatic rings. The zero-order valence-corrected chi connectivity index (χ0v) is 15.1. The summed E-state index contributed by atoms with van der Waals surface area (Å²) in [6.07, 6.45) is 2.06. The van der Waals surface area contributed by atoms with Crippen molar-refractivity contribution in [3.8, 4) is 5.75 Å². The molecular formula is C18H31N3O3. The third kappa shape index (κ3) is 9.37. The van der Waals surface area contributed by atoms with Crippen LogP contribution in [0.15, 0.2) is 29.3 Å². The molecule has 0 atom stereocenters. The molecule has 0 aliphatic carbocycles. The third-order valence-corrected chi connectivity index (χ3v) is 3.36. The van der Waals surface area contributed by atoms with Gasteiger partial charge in [-0.25, -0.2) is 4.99 Å². The van der Waals surface area contributed by atoms with Gasteiger partial charge in [-0.05, 0) is 37.5 Å². The van der Waals surface area contributed by atoms with Crippen molar-refractivity contribution in [1.29, 1.82) is 0 Å². The quantitative estimate of drug-likeness (QED) is 0.348. The highest BCUT2D eigenvalue weighted by molar-refractivity contribution is 5.79. The van der Waals surface area contributed by atoms with E-state index in [4.69, 9.17) is 14.2 Å². The highest BCUT2D eigenvalue weighted by Crippen LogP contribution is 2.11. The summed E-state index contributed by atoms with van der Waals surface area (Å²) in [4.78, 5) is 4.60. The molecule has 6 nitrogen and oxygen atoms in total. The first-order valence-corrected chi connectivity index (χ1v) is 8.52. The molecule has 1 aromatic carbocycles. The first-order chi connectivity index (χ1) is 11.8. The van der Waals surface area contributed by atoms with E-state index in [1.807, 2.05) is 24.3 Å². The summed E-state index contributed by atoms with van der Waals surface area (Å²) in [6, 6.07) is 7.97. The maximum absolute atomic E-state index is 5.44. The van der Waals surface area contributed by atoms with Gasteiger partial charge in [0.1, 0.15) is 5.75 Å². The summed E-state index contributed by atoms with van der Waals surface area (Å²) in [7, 11) is 3.35. The van der Waals surface area contributed by atoms with Crippen molar-refractivity contribution in [2.75, 3.05) is 47.1 Å². The first-order valence-electron chi connectivity index (χ1n) is 8.52. The average Bonchev–Trinajstić information content (AvgIpc) is 2.62. The Kier molecular flexibility index (Phi) is 11.5. The van der Waals surface area contributed by atoms with Gasteiger partial charge in [0, 0.05) is 26.8 Å². The molecule has 0 spiro atoms. The maximum atomic E-state index is 5.44. The molecule has 0 saturated carbocycles. The molecule has 0 radical (unpaired) electrons. The van der Waals surface area contributed by atoms with Crippen LogP contribution in [0.1, 0.15) is 25.3 Å². The second-order valence-corrected chi connectivity index (χ2v) is 5.28. The minimum atomic E-state index is 0.638. The lowest BCUT2D eigenvalue weighted by molar-refractivity contribution is 0.0689. The molecule has 1 rings (SSSR count). The third-order valence-electron chi connectivity index (χ3n) is 3.36. The van der Waals surface area contributed by atoms with Crippen molar-refractivity contribution in [3.63, 3.8) is 0 Å². The van der Waals surface area contributed by atoms with Gasteiger partial charge >= 0.3 is 0 Å². The number of nitrogens with zero attached hydrogens (tertiary/aromatic N) is 1. The van der Waals surface area contributed by atoms with E-state index in [0.717, 1.165) is 49.8 Å². The van der Waals surface area contributed by atoms with Crippen molar-refractivity contribution in [1.82, 2.24) is 10.6 Å². The van der Waals surface area contributed by atoms with Gasteiger partial charge in [0.05, 0.1) is 26.9 Å². The number of guanidine groups is 1. The average molecular weight is 337 g/mol. The van der Waals surface area contributed by atoms with Gasteiger partial charge in [0.2, 0.25) is 0 Å². The standard InChI is InChI=1S/C18H31N3O3/c1-4-19-18(20-11-5-6-12-24-14-13-22-2)21-15-16-7-9-17(23-3)10-8-16/h7-10H,4-6,11-15H2,1-3H3,(H2,19,20,21). The van der Waals surface area contributed by atoms with Crippen LogP contribution in [0.25, 0.3) is 0 Å². The minimum Gasteiger partial charge on any atom is -0.497 e. The molecule has 24 heavy (non-hydrogen) atoms. The molecule has 0 unspecified atom stereocenters. The van der Waals surface area contributed by atoms with Crippen molar-refractivity contribution in [2.24, 2.45) is 4.99 Å². The zero-order chi connectivity index (χ0) is 17.5. The number of benzene rings is 1. The van der Waals surface area contributed by atoms with E-state index in [1.165, 1.54) is 0 Å². The number of ether oxygens (including phenoxy) is 3. The minimum absolute atomic E-state index is 0.638. The van der Waals surface area contributed by atoms with Gasteiger partial charge in [-0.2, -0.15) is 0 Å². The summed E-state index contributed by atoms with van der Waals surface area (Å²) in [5.74, 6) is 1.70. The number of rotatable bonds is 12. The number of methoxy groups -OCH3 is 2. The number of unbranched alkanes of at least 4 members (excludes halogenated alkanes) is 1. The second-order valence-electron chi connectivity index (χ2n) is 5.28. The Bertz CT molecular complexity index is 449. The Morgan fingerprint density at radius 3 is 2.46 bits per heavy atom. The fraction of sp³-hybridized carbons (Fsp3) is 0.611. The Labute approximate surface area is 145 Å². The van der Waals surface area contributed by atoms with Crippen molar-refractivity contribution in [3.05, 3.63) is 29.8 Å². The molecule has 0 aliphatic heterocycles. The van der Waals surface area contributed by atoms with E-state index in [1.54, 1.807) is 14.2 Å². The van der Waals surface area contributed by atoms with Crippen LogP contribution < -0.4 is 15.4 Å². The molecule has 2 N–H and O–H groups in total. The lowest BCUT2D eigenvalue weighted by Crippen LogP contribution is -2.37. The smallest absolute Gasteiger partial charge is 0.191 e. The number of hydrogen-bond donors (Lipinski definition) is 2. The highest BCUT2D eigenvalue weighted by atomic mass is 16.5. The van der Waals surface area contributed by atoms with Crippen LogP contribution in [0.3, 0.4) is 0 Å². The molecule has 0 heterocycles. The molecule has 0 amide bonds. The fourth-order valence-electron chi connectivity index (χ4n) is 2.02. The molecule has 0 fully saturated rings. The predicted octanol–water partition coefficient (Wildman–Crippen LogP) is 2.19. The normalized spacial score (nSPS) is 11.4. The Morgan fingerprint density at radius 1 is 1.00 bits per heavy atom. The molecule has 136 valence electrons. The van der Waals surface area contributed by atoms with Crippen molar-refractivity contribution < 1.29 is 14.2 Å². The van der Waals surface area contributed by atoms with Gasteiger partial charge in [-0.1, -0.05) is 12.1 Å². The van der Waals surface area contributed by atoms with Gasteiger partial charge in [0.15, 0.2) is 5.96 Å². The Morgan fingerprint density at radius 2 is 1.79 bits per heavy atom. The largest absolute Gasteiger partial charge is 0.497 e. The number of nitrogens with one attached hydrogen (secondary N) is 2. The van der Waals surface area contributed by atoms with Gasteiger partial charge in [0.25, 0.3) is 0 Å². The van der Waals surface area contributed by atoms with Crippen LogP contribution in [0.4, 0.5) is 0 Å². The number of hydrogen-bond acceptors (Lipinski definition) is 4. The molecule has 6 heteroatoms. The Hall–Kier alpha value is -1.79. The monoisotopic (exact) mass is 337 g/mol. The van der Waals surface area contributed by atoms with E-state index >= 15 is 0 Å². The van der Waals surface area contributed by atoms with E-state index < -0.39 is 0 Å². The lowest BCUT2D eigenvalue weighted by Gasteiger charge is -2.11. The van der Waals surface area contributed by atoms with Crippen LogP contribution in [0.5, 0.6) is 5.75 Å². The summed E-state index contributed by atoms with van der Waals surface area (Å²) >= 11 is 0. The summed E-state index contributed by atoms with van der Waals surface area (Å²) in [6.45, 7) is 6.51. The lowest BCUT2D eigenvalue weighted by atomic mass is 10.2. The van der Waals surface area contributed by atoms with Crippen LogP contribution in [0, 0.1) is 0 Å². The number of aliphatic imine (C=N–C) groups is 1. The summed E-state index contributed by atoms with van der Waals surface area (Å²) in [5, 5.41) is 6.61. The van der Waals surface area contributed by atoms with Crippen LogP contribution >= 0.6 is 0 Å². The van der Waals surface area contributed by atoms with Gasteiger partial charge < -0.3 is 24.8 Å². The molecular weight excluding hydrogens is 306 g/mol. The Balaban J connectivity index is 2.26. The fourth-order valence-corrected chi connectivity index (χ4v) is 2.02. The maximum Gasteiger partial charge on any atom is 0.191 e. The summed E-state index contributed by atoms with van der Waals surface area (Å²) < 4.78 is 15.5. The highest BCUT2D eigenvalue weighted by Gasteiger charge is 1.98. The van der Waals surface area contributed by atoms with Gasteiger partial charge in [-0.3, -0.25) is 0 Å². The van der Waals surface area contributed by atoms with E-state index in [9.17, 15) is 0 Å². The van der Waals surface area contributed by atoms with Crippen LogP contribution in [-0.2, 0) is 16.0 Å². The van der Waals surface area contributed by atoms with E-state index in [0.29, 0.717) is 19.8 Å². The van der Waals surface area contributed by atoms with Crippen LogP contribution in [-0.4, -0.2) is 53.1 Å². The van der Waals surface area contributed by atoms with Crippen molar-refractivity contribution >= 4 is 5.96 Å². The second kappa shape index (κ2) is 13.6. The first kappa shape index (κ1) is 20.3. The van der Waals surface area contributed by atoms with Crippen molar-refractivity contribution in [2.45, 2.75) is 26.3 Å². The van der Waals surface area contributed by atoms with E-state index in [2.05, 4.69) is 22.5 Å². The summed E-state index contributed by atoms with van der Waals surface area (Å²) in [5.41, 5.74) is 1.15. The van der Waals surface area contributed by atoms with Gasteiger partial charge in [-0.15, -0.1) is 0 Å². The molecule has 0 aliphatic rings. The zero-order valence-electron chi connectivity index (χ0n) is 15.1. The SMILES string of the molecule is CCNC(=NCc1ccc(OC)cc1)NCCCCOCCOC. The molecule has 0 bridgehead atoms. The predicted molar refractivity (Wildman–Crippen MR) is 97.7 cm³/mol. The molecule has 0 aromatic heterocycles.